The number of phenolic OH excluding ortho intramolecular Hbond substituents is 1. The quantitative estimate of drug-likeness (QED) is 0.0802. The van der Waals surface area contributed by atoms with Crippen molar-refractivity contribution in [2.45, 2.75) is 30.4 Å². The number of carbonyl (C=O) groups excluding carboxylic acids is 4. The number of methoxy groups -OCH3 is 1. The SMILES string of the molecule is COc1cc(Br)cc([C@H]2C3=CC[C@@H]4C(=O)N(c5ccc([N+](=O)[O-])cc5)C(=O)[C@@H]4[C@@H]3C[C@H]3C(=O)N(Nc4ncc(C(F)(F)F)cc4Cl)C(=O)[C@@]23c2ccc(Cl)cc2)c1O. The largest absolute Gasteiger partial charge is 0.504 e. The third-order valence-electron chi connectivity index (χ3n) is 11.5. The van der Waals surface area contributed by atoms with Crippen LogP contribution in [0.5, 0.6) is 11.5 Å². The van der Waals surface area contributed by atoms with Gasteiger partial charge in [-0.15, -0.1) is 0 Å². The summed E-state index contributed by atoms with van der Waals surface area (Å²) in [7, 11) is 1.32. The number of imide groups is 2. The van der Waals surface area contributed by atoms with E-state index >= 15 is 4.79 Å². The molecule has 58 heavy (non-hydrogen) atoms. The molecular weight excluding hydrogens is 874 g/mol. The van der Waals surface area contributed by atoms with Crippen molar-refractivity contribution >= 4 is 80.0 Å². The fourth-order valence-corrected chi connectivity index (χ4v) is 9.86. The molecule has 1 aromatic heterocycles. The van der Waals surface area contributed by atoms with E-state index in [2.05, 4.69) is 26.3 Å². The number of alkyl halides is 3. The number of hydrogen-bond donors (Lipinski definition) is 2. The molecule has 6 atom stereocenters. The Morgan fingerprint density at radius 3 is 2.31 bits per heavy atom. The first kappa shape index (κ1) is 39.3. The van der Waals surface area contributed by atoms with E-state index in [4.69, 9.17) is 27.9 Å². The maximum absolute atomic E-state index is 15.4. The molecule has 3 fully saturated rings. The van der Waals surface area contributed by atoms with Crippen LogP contribution in [-0.4, -0.2) is 50.8 Å². The van der Waals surface area contributed by atoms with Crippen LogP contribution in [0.1, 0.15) is 35.4 Å². The number of nitrogens with zero attached hydrogens (tertiary/aromatic N) is 4. The Kier molecular flexibility index (Phi) is 9.55. The number of aromatic hydroxyl groups is 1. The average molecular weight is 901 g/mol. The summed E-state index contributed by atoms with van der Waals surface area (Å²) in [5.74, 6) is -9.17. The molecule has 3 heterocycles. The van der Waals surface area contributed by atoms with Crippen LogP contribution in [-0.2, 0) is 30.8 Å². The Labute approximate surface area is 344 Å². The van der Waals surface area contributed by atoms with Crippen LogP contribution in [0.25, 0.3) is 0 Å². The van der Waals surface area contributed by atoms with E-state index in [-0.39, 0.29) is 46.8 Å². The summed E-state index contributed by atoms with van der Waals surface area (Å²) in [5.41, 5.74) is 0.189. The van der Waals surface area contributed by atoms with Crippen molar-refractivity contribution in [3.63, 3.8) is 0 Å². The van der Waals surface area contributed by atoms with E-state index in [0.29, 0.717) is 32.3 Å². The lowest BCUT2D eigenvalue weighted by atomic mass is 9.49. The summed E-state index contributed by atoms with van der Waals surface area (Å²) in [6.07, 6.45) is -2.72. The third kappa shape index (κ3) is 5.92. The predicted octanol–water partition coefficient (Wildman–Crippen LogP) is 7.98. The molecule has 8 rings (SSSR count). The zero-order chi connectivity index (χ0) is 41.6. The number of nitrogens with one attached hydrogen (secondary N) is 1. The molecule has 3 aromatic carbocycles. The summed E-state index contributed by atoms with van der Waals surface area (Å²) in [6, 6.07) is 14.7. The fraction of sp³-hybridized carbons (Fsp3) is 0.256. The molecule has 0 bridgehead atoms. The van der Waals surface area contributed by atoms with Gasteiger partial charge >= 0.3 is 6.18 Å². The number of rotatable bonds is 7. The highest BCUT2D eigenvalue weighted by Crippen LogP contribution is 2.65. The molecule has 4 aromatic rings. The average Bonchev–Trinajstić information content (AvgIpc) is 3.56. The number of phenols is 1. The smallest absolute Gasteiger partial charge is 0.417 e. The molecule has 4 aliphatic rings. The summed E-state index contributed by atoms with van der Waals surface area (Å²) in [5, 5.41) is 23.6. The highest BCUT2D eigenvalue weighted by molar-refractivity contribution is 9.10. The summed E-state index contributed by atoms with van der Waals surface area (Å²) in [4.78, 5) is 74.4. The second-order valence-electron chi connectivity index (χ2n) is 14.2. The number of pyridine rings is 1. The highest BCUT2D eigenvalue weighted by atomic mass is 79.9. The van der Waals surface area contributed by atoms with E-state index in [0.717, 1.165) is 4.90 Å². The fourth-order valence-electron chi connectivity index (χ4n) is 9.08. The maximum atomic E-state index is 15.4. The van der Waals surface area contributed by atoms with Gasteiger partial charge in [0, 0.05) is 39.3 Å². The van der Waals surface area contributed by atoms with Gasteiger partial charge in [-0.25, -0.2) is 4.98 Å². The van der Waals surface area contributed by atoms with Crippen LogP contribution in [0, 0.1) is 33.8 Å². The van der Waals surface area contributed by atoms with Gasteiger partial charge in [-0.3, -0.25) is 39.6 Å². The molecule has 0 radical (unpaired) electrons. The van der Waals surface area contributed by atoms with E-state index in [9.17, 15) is 42.8 Å². The van der Waals surface area contributed by atoms with E-state index in [1.165, 1.54) is 49.6 Å². The number of benzene rings is 3. The molecule has 1 saturated carbocycles. The highest BCUT2D eigenvalue weighted by Gasteiger charge is 2.71. The molecule has 0 unspecified atom stereocenters. The Morgan fingerprint density at radius 2 is 1.69 bits per heavy atom. The van der Waals surface area contributed by atoms with Gasteiger partial charge in [0.1, 0.15) is 0 Å². The minimum atomic E-state index is -4.79. The van der Waals surface area contributed by atoms with Gasteiger partial charge in [-0.05, 0) is 66.8 Å². The first-order chi connectivity index (χ1) is 27.5. The molecule has 2 aliphatic carbocycles. The maximum Gasteiger partial charge on any atom is 0.417 e. The van der Waals surface area contributed by atoms with Crippen molar-refractivity contribution in [2.24, 2.45) is 23.7 Å². The molecular formula is C39H27BrCl2F3N5O8. The van der Waals surface area contributed by atoms with Crippen molar-refractivity contribution in [3.05, 3.63) is 126 Å². The van der Waals surface area contributed by atoms with Gasteiger partial charge in [-0.1, -0.05) is 62.9 Å². The molecule has 2 saturated heterocycles. The van der Waals surface area contributed by atoms with Crippen molar-refractivity contribution in [3.8, 4) is 11.5 Å². The number of amides is 4. The number of anilines is 2. The minimum Gasteiger partial charge on any atom is -0.504 e. The Morgan fingerprint density at radius 1 is 1.00 bits per heavy atom. The zero-order valence-electron chi connectivity index (χ0n) is 29.7. The molecule has 2 aliphatic heterocycles. The molecule has 298 valence electrons. The first-order valence-electron chi connectivity index (χ1n) is 17.5. The molecule has 13 nitrogen and oxygen atoms in total. The number of hydrazine groups is 1. The van der Waals surface area contributed by atoms with Gasteiger partial charge in [-0.2, -0.15) is 18.2 Å². The van der Waals surface area contributed by atoms with Crippen molar-refractivity contribution in [2.75, 3.05) is 17.4 Å². The van der Waals surface area contributed by atoms with Gasteiger partial charge < -0.3 is 9.84 Å². The second kappa shape index (κ2) is 14.1. The topological polar surface area (TPSA) is 172 Å². The van der Waals surface area contributed by atoms with E-state index in [1.54, 1.807) is 24.3 Å². The molecule has 19 heteroatoms. The number of hydrogen-bond acceptors (Lipinski definition) is 10. The molecule has 2 N–H and O–H groups in total. The number of non-ortho nitro benzene ring substituents is 1. The number of halogens is 6. The van der Waals surface area contributed by atoms with Gasteiger partial charge in [0.15, 0.2) is 17.3 Å². The van der Waals surface area contributed by atoms with Crippen LogP contribution in [0.4, 0.5) is 30.4 Å². The van der Waals surface area contributed by atoms with Gasteiger partial charge in [0.2, 0.25) is 11.8 Å². The Bertz CT molecular complexity index is 2490. The van der Waals surface area contributed by atoms with Crippen LogP contribution < -0.4 is 15.1 Å². The molecule has 0 spiro atoms. The van der Waals surface area contributed by atoms with E-state index < -0.39 is 86.1 Å². The summed E-state index contributed by atoms with van der Waals surface area (Å²) < 4.78 is 46.5. The van der Waals surface area contributed by atoms with Crippen molar-refractivity contribution < 1.29 is 47.1 Å². The normalized spacial score (nSPS) is 25.3. The molecule has 4 amide bonds. The monoisotopic (exact) mass is 899 g/mol. The predicted molar refractivity (Wildman–Crippen MR) is 205 cm³/mol. The summed E-state index contributed by atoms with van der Waals surface area (Å²) in [6.45, 7) is 0. The number of aromatic nitrogens is 1. The number of carbonyl (C=O) groups is 4. The summed E-state index contributed by atoms with van der Waals surface area (Å²) >= 11 is 16.0. The van der Waals surface area contributed by atoms with Crippen LogP contribution >= 0.6 is 39.1 Å². The standard InChI is InChI=1S/C39H27BrCl2F3N5O8/c1-58-29-14-19(40)13-26(32(29)51)31-23-10-11-24-30(36(54)48(34(24)52)21-6-8-22(9-7-21)50(56)57)25(23)15-27-35(53)49(37(55)38(27,31)17-2-4-20(41)5-3-17)47-33-28(42)12-18(16-46-33)39(43,44)45/h2-10,12-14,16,24-25,27,30-31,51H,11,15H2,1H3,(H,46,47)/t24-,25+,27-,30-,31+,38+/m0/s1. The Balaban J connectivity index is 1.32. The van der Waals surface area contributed by atoms with Crippen molar-refractivity contribution in [1.29, 1.82) is 0 Å². The van der Waals surface area contributed by atoms with Gasteiger partial charge in [0.25, 0.3) is 17.5 Å². The number of allylic oxidation sites excluding steroid dienone is 2. The first-order valence-corrected chi connectivity index (χ1v) is 19.1. The van der Waals surface area contributed by atoms with Crippen molar-refractivity contribution in [1.82, 2.24) is 9.99 Å². The lowest BCUT2D eigenvalue weighted by Gasteiger charge is -2.50. The lowest BCUT2D eigenvalue weighted by Crippen LogP contribution is -2.53. The number of nitro benzene ring substituents is 1. The number of nitro groups is 1. The number of ether oxygens (including phenoxy) is 1. The van der Waals surface area contributed by atoms with E-state index in [1.807, 2.05) is 0 Å². The van der Waals surface area contributed by atoms with Crippen LogP contribution in [0.3, 0.4) is 0 Å². The van der Waals surface area contributed by atoms with Gasteiger partial charge in [0.05, 0.1) is 51.5 Å². The number of fused-ring (bicyclic) bond motifs is 4. The minimum absolute atomic E-state index is 0.00699. The van der Waals surface area contributed by atoms with Crippen LogP contribution in [0.15, 0.2) is 89.0 Å². The lowest BCUT2D eigenvalue weighted by molar-refractivity contribution is -0.384. The zero-order valence-corrected chi connectivity index (χ0v) is 32.8. The van der Waals surface area contributed by atoms with Crippen LogP contribution in [0.2, 0.25) is 10.0 Å². The second-order valence-corrected chi connectivity index (χ2v) is 16.0. The Hall–Kier alpha value is -5.52. The third-order valence-corrected chi connectivity index (χ3v) is 12.5.